The zero-order valence-corrected chi connectivity index (χ0v) is 13.5. The van der Waals surface area contributed by atoms with Gasteiger partial charge in [0.05, 0.1) is 0 Å². The highest BCUT2D eigenvalue weighted by Gasteiger charge is 2.29. The number of carboxylic acids is 1. The van der Waals surface area contributed by atoms with E-state index >= 15 is 0 Å². The average Bonchev–Trinajstić information content (AvgIpc) is 2.77. The number of carboxylic acid groups (broad SMARTS) is 1. The van der Waals surface area contributed by atoms with Gasteiger partial charge in [0.2, 0.25) is 0 Å². The van der Waals surface area contributed by atoms with Crippen LogP contribution in [0, 0.1) is 13.8 Å². The van der Waals surface area contributed by atoms with E-state index in [1.165, 1.54) is 24.3 Å². The lowest BCUT2D eigenvalue weighted by molar-refractivity contribution is -0.139. The van der Waals surface area contributed by atoms with Crippen LogP contribution in [-0.2, 0) is 14.8 Å². The number of aryl methyl sites for hydroxylation is 2. The van der Waals surface area contributed by atoms with Gasteiger partial charge >= 0.3 is 5.97 Å². The molecule has 1 aromatic carbocycles. The second-order valence-corrected chi connectivity index (χ2v) is 7.98. The minimum absolute atomic E-state index is 0.0273. The van der Waals surface area contributed by atoms with Crippen molar-refractivity contribution in [2.45, 2.75) is 24.1 Å². The third-order valence-corrected chi connectivity index (χ3v) is 6.20. The Morgan fingerprint density at radius 3 is 2.27 bits per heavy atom. The molecule has 0 aliphatic rings. The summed E-state index contributed by atoms with van der Waals surface area (Å²) in [5.74, 6) is -1.35. The van der Waals surface area contributed by atoms with Gasteiger partial charge in [-0.3, -0.25) is 4.79 Å². The van der Waals surface area contributed by atoms with E-state index in [2.05, 4.69) is 4.72 Å². The first-order chi connectivity index (χ1) is 10.2. The summed E-state index contributed by atoms with van der Waals surface area (Å²) < 4.78 is 27.1. The number of phenolic OH excluding ortho intramolecular Hbond substituents is 1. The van der Waals surface area contributed by atoms with Crippen molar-refractivity contribution in [2.24, 2.45) is 0 Å². The van der Waals surface area contributed by atoms with Crippen molar-refractivity contribution >= 4 is 27.3 Å². The predicted molar refractivity (Wildman–Crippen MR) is 82.6 cm³/mol. The van der Waals surface area contributed by atoms with Crippen molar-refractivity contribution in [1.82, 2.24) is 4.72 Å². The van der Waals surface area contributed by atoms with E-state index in [9.17, 15) is 23.4 Å². The Balaban J connectivity index is 2.37. The number of nitrogens with one attached hydrogen (secondary N) is 1. The molecular formula is C14H15NO5S2. The molecule has 2 aromatic rings. The van der Waals surface area contributed by atoms with Crippen LogP contribution in [0.3, 0.4) is 0 Å². The summed E-state index contributed by atoms with van der Waals surface area (Å²) in [6, 6.07) is 5.65. The number of aliphatic carboxylic acids is 1. The Morgan fingerprint density at radius 1 is 1.23 bits per heavy atom. The molecule has 0 saturated heterocycles. The third-order valence-electron chi connectivity index (χ3n) is 2.99. The zero-order valence-electron chi connectivity index (χ0n) is 11.9. The maximum absolute atomic E-state index is 12.4. The molecule has 0 saturated carbocycles. The van der Waals surface area contributed by atoms with Crippen molar-refractivity contribution in [1.29, 1.82) is 0 Å². The molecule has 118 valence electrons. The van der Waals surface area contributed by atoms with Crippen molar-refractivity contribution in [3.63, 3.8) is 0 Å². The zero-order chi connectivity index (χ0) is 16.5. The van der Waals surface area contributed by atoms with Crippen LogP contribution in [0.5, 0.6) is 5.75 Å². The largest absolute Gasteiger partial charge is 0.508 e. The SMILES string of the molecule is Cc1cc(C)c(S(=O)(=O)N[C@H](C(=O)O)c2ccc(O)cc2)s1. The summed E-state index contributed by atoms with van der Waals surface area (Å²) in [4.78, 5) is 12.2. The molecule has 0 aliphatic heterocycles. The second kappa shape index (κ2) is 6.07. The lowest BCUT2D eigenvalue weighted by Crippen LogP contribution is -2.33. The van der Waals surface area contributed by atoms with Gasteiger partial charge in [-0.1, -0.05) is 12.1 Å². The first kappa shape index (κ1) is 16.5. The lowest BCUT2D eigenvalue weighted by atomic mass is 10.1. The van der Waals surface area contributed by atoms with Crippen molar-refractivity contribution in [3.8, 4) is 5.75 Å². The van der Waals surface area contributed by atoms with E-state index in [1.807, 2.05) is 0 Å². The van der Waals surface area contributed by atoms with E-state index in [0.717, 1.165) is 16.2 Å². The molecule has 0 unspecified atom stereocenters. The van der Waals surface area contributed by atoms with E-state index in [-0.39, 0.29) is 15.5 Å². The minimum Gasteiger partial charge on any atom is -0.508 e. The van der Waals surface area contributed by atoms with Gasteiger partial charge in [0.15, 0.2) is 0 Å². The van der Waals surface area contributed by atoms with Gasteiger partial charge < -0.3 is 10.2 Å². The molecule has 2 rings (SSSR count). The van der Waals surface area contributed by atoms with Gasteiger partial charge in [-0.05, 0) is 43.2 Å². The average molecular weight is 341 g/mol. The van der Waals surface area contributed by atoms with E-state index in [4.69, 9.17) is 0 Å². The lowest BCUT2D eigenvalue weighted by Gasteiger charge is -2.15. The first-order valence-electron chi connectivity index (χ1n) is 6.32. The molecule has 0 aliphatic carbocycles. The predicted octanol–water partition coefficient (Wildman–Crippen LogP) is 2.17. The number of benzene rings is 1. The second-order valence-electron chi connectivity index (χ2n) is 4.81. The number of thiophene rings is 1. The summed E-state index contributed by atoms with van der Waals surface area (Å²) in [5.41, 5.74) is 0.810. The quantitative estimate of drug-likeness (QED) is 0.773. The van der Waals surface area contributed by atoms with Crippen molar-refractivity contribution in [3.05, 3.63) is 46.3 Å². The number of carbonyl (C=O) groups is 1. The molecule has 0 spiro atoms. The van der Waals surface area contributed by atoms with Crippen LogP contribution in [-0.4, -0.2) is 24.6 Å². The van der Waals surface area contributed by atoms with Crippen LogP contribution in [0.25, 0.3) is 0 Å². The summed E-state index contributed by atoms with van der Waals surface area (Å²) in [7, 11) is -3.95. The van der Waals surface area contributed by atoms with Crippen LogP contribution in [0.15, 0.2) is 34.5 Å². The maximum atomic E-state index is 12.4. The molecule has 1 aromatic heterocycles. The molecule has 8 heteroatoms. The van der Waals surface area contributed by atoms with Crippen LogP contribution >= 0.6 is 11.3 Å². The van der Waals surface area contributed by atoms with Gasteiger partial charge in [-0.2, -0.15) is 4.72 Å². The molecule has 3 N–H and O–H groups in total. The van der Waals surface area contributed by atoms with Crippen LogP contribution < -0.4 is 4.72 Å². The van der Waals surface area contributed by atoms with E-state index < -0.39 is 22.0 Å². The first-order valence-corrected chi connectivity index (χ1v) is 8.62. The number of hydrogen-bond donors (Lipinski definition) is 3. The van der Waals surface area contributed by atoms with Gasteiger partial charge in [0, 0.05) is 4.88 Å². The number of sulfonamides is 1. The molecule has 0 fully saturated rings. The summed E-state index contributed by atoms with van der Waals surface area (Å²) in [5, 5.41) is 18.5. The molecule has 0 amide bonds. The van der Waals surface area contributed by atoms with Crippen molar-refractivity contribution < 1.29 is 23.4 Å². The number of rotatable bonds is 5. The molecule has 1 heterocycles. The van der Waals surface area contributed by atoms with Crippen LogP contribution in [0.2, 0.25) is 0 Å². The molecule has 6 nitrogen and oxygen atoms in total. The van der Waals surface area contributed by atoms with Crippen LogP contribution in [0.1, 0.15) is 22.0 Å². The molecule has 22 heavy (non-hydrogen) atoms. The Morgan fingerprint density at radius 2 is 1.82 bits per heavy atom. The summed E-state index contributed by atoms with van der Waals surface area (Å²) >= 11 is 1.09. The normalized spacial score (nSPS) is 13.0. The van der Waals surface area contributed by atoms with Gasteiger partial charge in [0.25, 0.3) is 10.0 Å². The van der Waals surface area contributed by atoms with E-state index in [1.54, 1.807) is 19.9 Å². The fourth-order valence-electron chi connectivity index (χ4n) is 2.02. The summed E-state index contributed by atoms with van der Waals surface area (Å²) in [6.45, 7) is 3.44. The monoisotopic (exact) mass is 341 g/mol. The minimum atomic E-state index is -3.95. The Hall–Kier alpha value is -1.90. The number of phenols is 1. The number of hydrogen-bond acceptors (Lipinski definition) is 5. The molecular weight excluding hydrogens is 326 g/mol. The van der Waals surface area contributed by atoms with Gasteiger partial charge in [0.1, 0.15) is 16.0 Å². The smallest absolute Gasteiger partial charge is 0.326 e. The Labute approximate surface area is 132 Å². The Bertz CT molecular complexity index is 793. The number of aromatic hydroxyl groups is 1. The van der Waals surface area contributed by atoms with Gasteiger partial charge in [-0.15, -0.1) is 11.3 Å². The van der Waals surface area contributed by atoms with Crippen molar-refractivity contribution in [2.75, 3.05) is 0 Å². The molecule has 0 bridgehead atoms. The van der Waals surface area contributed by atoms with Gasteiger partial charge in [-0.25, -0.2) is 8.42 Å². The van der Waals surface area contributed by atoms with E-state index in [0.29, 0.717) is 5.56 Å². The summed E-state index contributed by atoms with van der Waals surface area (Å²) in [6.07, 6.45) is 0. The topological polar surface area (TPSA) is 104 Å². The molecule has 1 atom stereocenters. The highest BCUT2D eigenvalue weighted by molar-refractivity contribution is 7.91. The highest BCUT2D eigenvalue weighted by Crippen LogP contribution is 2.28. The van der Waals surface area contributed by atoms with Crippen LogP contribution in [0.4, 0.5) is 0 Å². The third kappa shape index (κ3) is 3.46. The molecule has 0 radical (unpaired) electrons. The fourth-order valence-corrected chi connectivity index (χ4v) is 4.89. The maximum Gasteiger partial charge on any atom is 0.326 e. The Kier molecular flexibility index (Phi) is 4.55. The standard InChI is InChI=1S/C14H15NO5S2/c1-8-7-9(2)21-14(8)22(19,20)15-12(13(17)18)10-3-5-11(16)6-4-10/h3-7,12,15-16H,1-2H3,(H,17,18)/t12-/m0/s1. The fraction of sp³-hybridized carbons (Fsp3) is 0.214. The highest BCUT2D eigenvalue weighted by atomic mass is 32.2.